The third-order valence-electron chi connectivity index (χ3n) is 6.84. The number of halogens is 1. The number of hydrogen-bond donors (Lipinski definition) is 3. The first-order chi connectivity index (χ1) is 15.9. The summed E-state index contributed by atoms with van der Waals surface area (Å²) in [6, 6.07) is 17.2. The normalized spacial score (nSPS) is 16.6. The quantitative estimate of drug-likeness (QED) is 0.354. The van der Waals surface area contributed by atoms with E-state index in [0.29, 0.717) is 17.8 Å². The number of hydrogen-bond acceptors (Lipinski definition) is 5. The fraction of sp³-hybridized carbons (Fsp3) is 0.231. The van der Waals surface area contributed by atoms with Gasteiger partial charge in [-0.3, -0.25) is 0 Å². The van der Waals surface area contributed by atoms with E-state index in [9.17, 15) is 14.3 Å². The van der Waals surface area contributed by atoms with Gasteiger partial charge in [0.25, 0.3) is 0 Å². The van der Waals surface area contributed by atoms with Crippen molar-refractivity contribution in [3.05, 3.63) is 77.6 Å². The summed E-state index contributed by atoms with van der Waals surface area (Å²) in [7, 11) is 0. The lowest BCUT2D eigenvalue weighted by Gasteiger charge is -2.52. The molecule has 7 heteroatoms. The van der Waals surface area contributed by atoms with Crippen LogP contribution in [0.3, 0.4) is 0 Å². The van der Waals surface area contributed by atoms with Crippen molar-refractivity contribution in [1.82, 2.24) is 0 Å². The Kier molecular flexibility index (Phi) is 5.04. The van der Waals surface area contributed by atoms with E-state index in [0.717, 1.165) is 48.4 Å². The number of nitrogens with two attached hydrogens (primary N) is 1. The molecule has 33 heavy (non-hydrogen) atoms. The van der Waals surface area contributed by atoms with E-state index in [4.69, 9.17) is 11.1 Å². The molecule has 168 valence electrons. The molecule has 0 aromatic heterocycles. The van der Waals surface area contributed by atoms with Gasteiger partial charge in [0.1, 0.15) is 5.82 Å². The van der Waals surface area contributed by atoms with Crippen molar-refractivity contribution in [2.24, 2.45) is 0 Å². The summed E-state index contributed by atoms with van der Waals surface area (Å²) in [5.74, 6) is -1.25. The Labute approximate surface area is 191 Å². The minimum atomic E-state index is -0.963. The van der Waals surface area contributed by atoms with Gasteiger partial charge in [0.2, 0.25) is 0 Å². The van der Waals surface area contributed by atoms with E-state index in [1.54, 1.807) is 24.3 Å². The Bertz CT molecular complexity index is 1220. The summed E-state index contributed by atoms with van der Waals surface area (Å²) in [6.45, 7) is 0.688. The zero-order chi connectivity index (χ0) is 23.2. The van der Waals surface area contributed by atoms with Crippen LogP contribution in [0.25, 0.3) is 0 Å². The summed E-state index contributed by atoms with van der Waals surface area (Å²) in [5, 5.41) is 17.1. The first-order valence-corrected chi connectivity index (χ1v) is 11.0. The minimum absolute atomic E-state index is 0.217. The van der Waals surface area contributed by atoms with Gasteiger partial charge in [-0.15, -0.1) is 0 Å². The molecule has 1 aliphatic carbocycles. The monoisotopic (exact) mass is 444 g/mol. The van der Waals surface area contributed by atoms with Crippen molar-refractivity contribution < 1.29 is 14.3 Å². The van der Waals surface area contributed by atoms with Crippen molar-refractivity contribution in [3.8, 4) is 0 Å². The van der Waals surface area contributed by atoms with E-state index in [1.807, 2.05) is 24.3 Å². The summed E-state index contributed by atoms with van der Waals surface area (Å²) in [5.41, 5.74) is 11.0. The van der Waals surface area contributed by atoms with Crippen LogP contribution < -0.4 is 15.5 Å². The van der Waals surface area contributed by atoms with E-state index < -0.39 is 5.97 Å². The zero-order valence-electron chi connectivity index (χ0n) is 18.1. The fourth-order valence-electron chi connectivity index (χ4n) is 5.27. The minimum Gasteiger partial charge on any atom is -0.478 e. The maximum Gasteiger partial charge on any atom is 0.335 e. The number of rotatable bonds is 4. The number of anilines is 5. The first kappa shape index (κ1) is 21.0. The van der Waals surface area contributed by atoms with Crippen LogP contribution >= 0.6 is 0 Å². The van der Waals surface area contributed by atoms with Gasteiger partial charge in [-0.05, 0) is 73.5 Å². The molecule has 0 saturated heterocycles. The van der Waals surface area contributed by atoms with Crippen LogP contribution in [0, 0.1) is 11.2 Å². The smallest absolute Gasteiger partial charge is 0.335 e. The van der Waals surface area contributed by atoms with Gasteiger partial charge >= 0.3 is 5.97 Å². The first-order valence-electron chi connectivity index (χ1n) is 11.0. The average Bonchev–Trinajstić information content (AvgIpc) is 3.28. The highest BCUT2D eigenvalue weighted by atomic mass is 19.1. The van der Waals surface area contributed by atoms with Crippen LogP contribution in [-0.2, 0) is 0 Å². The van der Waals surface area contributed by atoms with E-state index >= 15 is 0 Å². The second-order valence-electron chi connectivity index (χ2n) is 8.80. The predicted octanol–water partition coefficient (Wildman–Crippen LogP) is 5.71. The van der Waals surface area contributed by atoms with Crippen molar-refractivity contribution in [2.75, 3.05) is 22.1 Å². The molecule has 3 aromatic carbocycles. The number of carboxylic acids is 1. The van der Waals surface area contributed by atoms with Crippen LogP contribution in [0.5, 0.6) is 0 Å². The van der Waals surface area contributed by atoms with Gasteiger partial charge in [0.15, 0.2) is 0 Å². The molecule has 5 rings (SSSR count). The van der Waals surface area contributed by atoms with Crippen LogP contribution in [0.2, 0.25) is 0 Å². The number of nitrogens with zero attached hydrogens (tertiary/aromatic N) is 2. The number of nitrogen functional groups attached to an aromatic ring is 1. The van der Waals surface area contributed by atoms with Gasteiger partial charge in [0.05, 0.1) is 22.5 Å². The molecule has 1 spiro atoms. The Balaban J connectivity index is 1.72. The van der Waals surface area contributed by atoms with Crippen molar-refractivity contribution in [1.29, 1.82) is 5.41 Å². The second-order valence-corrected chi connectivity index (χ2v) is 8.80. The summed E-state index contributed by atoms with van der Waals surface area (Å²) >= 11 is 0. The summed E-state index contributed by atoms with van der Waals surface area (Å²) < 4.78 is 13.7. The van der Waals surface area contributed by atoms with Crippen molar-refractivity contribution in [3.63, 3.8) is 0 Å². The molecule has 0 radical (unpaired) electrons. The van der Waals surface area contributed by atoms with E-state index in [2.05, 4.69) is 9.80 Å². The molecule has 3 aromatic rings. The summed E-state index contributed by atoms with van der Waals surface area (Å²) in [4.78, 5) is 15.8. The lowest BCUT2D eigenvalue weighted by molar-refractivity contribution is 0.0697. The highest BCUT2D eigenvalue weighted by molar-refractivity contribution is 5.95. The van der Waals surface area contributed by atoms with E-state index in [-0.39, 0.29) is 16.9 Å². The van der Waals surface area contributed by atoms with Gasteiger partial charge in [-0.25, -0.2) is 9.18 Å². The Morgan fingerprint density at radius 2 is 1.64 bits per heavy atom. The molecule has 0 bridgehead atoms. The van der Waals surface area contributed by atoms with Crippen LogP contribution in [0.4, 0.5) is 32.8 Å². The molecule has 1 fully saturated rings. The number of aromatic carboxylic acids is 1. The number of nitrogens with one attached hydrogen (secondary N) is 1. The second kappa shape index (κ2) is 7.92. The molecule has 2 aliphatic rings. The maximum atomic E-state index is 13.7. The molecular formula is C26H25FN4O2. The molecule has 0 amide bonds. The number of benzene rings is 3. The van der Waals surface area contributed by atoms with Crippen molar-refractivity contribution >= 4 is 40.6 Å². The van der Waals surface area contributed by atoms with Gasteiger partial charge in [-0.1, -0.05) is 12.8 Å². The molecule has 0 atom stereocenters. The lowest BCUT2D eigenvalue weighted by atomic mass is 9.88. The summed E-state index contributed by atoms with van der Waals surface area (Å²) in [6.07, 6.45) is 5.37. The largest absolute Gasteiger partial charge is 0.478 e. The molecule has 1 aliphatic heterocycles. The van der Waals surface area contributed by atoms with Gasteiger partial charge < -0.3 is 26.0 Å². The Morgan fingerprint density at radius 3 is 2.24 bits per heavy atom. The van der Waals surface area contributed by atoms with Crippen LogP contribution in [-0.4, -0.2) is 29.4 Å². The number of carbonyl (C=O) groups is 1. The maximum absolute atomic E-state index is 13.7. The highest BCUT2D eigenvalue weighted by Gasteiger charge is 2.47. The molecule has 1 heterocycles. The van der Waals surface area contributed by atoms with Crippen LogP contribution in [0.15, 0.2) is 60.7 Å². The SMILES string of the molecule is N=Cc1cc2c(cc1N)N(c1ccc(C(=O)O)cc1)CC1(CCCC1)N2c1ccc(F)cc1. The van der Waals surface area contributed by atoms with Gasteiger partial charge in [-0.2, -0.15) is 0 Å². The number of fused-ring (bicyclic) bond motifs is 1. The van der Waals surface area contributed by atoms with E-state index in [1.165, 1.54) is 18.3 Å². The molecule has 4 N–H and O–H groups in total. The average molecular weight is 445 g/mol. The third kappa shape index (κ3) is 3.50. The Morgan fingerprint density at radius 1 is 1.00 bits per heavy atom. The standard InChI is InChI=1S/C26H25FN4O2/c27-19-5-9-21(10-6-19)31-24-13-18(15-28)22(29)14-23(24)30(16-26(31)11-1-2-12-26)20-7-3-17(4-8-20)25(32)33/h3-10,13-15,28H,1-2,11-12,16,29H2,(H,32,33). The predicted molar refractivity (Wildman–Crippen MR) is 129 cm³/mol. The van der Waals surface area contributed by atoms with Crippen molar-refractivity contribution in [2.45, 2.75) is 31.2 Å². The fourth-order valence-corrected chi connectivity index (χ4v) is 5.27. The molecular weight excluding hydrogens is 419 g/mol. The molecule has 0 unspecified atom stereocenters. The molecule has 1 saturated carbocycles. The highest BCUT2D eigenvalue weighted by Crippen LogP contribution is 2.53. The topological polar surface area (TPSA) is 93.7 Å². The zero-order valence-corrected chi connectivity index (χ0v) is 18.1. The Hall–Kier alpha value is -3.87. The number of carboxylic acid groups (broad SMARTS) is 1. The lowest BCUT2D eigenvalue weighted by Crippen LogP contribution is -2.55. The van der Waals surface area contributed by atoms with Crippen LogP contribution in [0.1, 0.15) is 41.6 Å². The molecule has 6 nitrogen and oxygen atoms in total. The third-order valence-corrected chi connectivity index (χ3v) is 6.84. The van der Waals surface area contributed by atoms with Gasteiger partial charge in [0, 0.05) is 35.4 Å².